The molecule has 3 aromatic heterocycles. The van der Waals surface area contributed by atoms with Gasteiger partial charge in [0.15, 0.2) is 5.65 Å². The summed E-state index contributed by atoms with van der Waals surface area (Å²) in [6.07, 6.45) is 3.98. The summed E-state index contributed by atoms with van der Waals surface area (Å²) in [6.45, 7) is 0.677. The Bertz CT molecular complexity index is 701. The van der Waals surface area contributed by atoms with E-state index in [1.54, 1.807) is 10.7 Å². The number of nitrogens with zero attached hydrogens (tertiary/aromatic N) is 5. The van der Waals surface area contributed by atoms with Crippen LogP contribution >= 0.6 is 0 Å². The monoisotopic (exact) mass is 260 g/mol. The summed E-state index contributed by atoms with van der Waals surface area (Å²) >= 11 is 0. The summed E-state index contributed by atoms with van der Waals surface area (Å²) in [5.74, 6) is 0.152. The van der Waals surface area contributed by atoms with Gasteiger partial charge in [-0.05, 0) is 18.2 Å². The summed E-state index contributed by atoms with van der Waals surface area (Å²) in [7, 11) is 1.88. The summed E-state index contributed by atoms with van der Waals surface area (Å²) < 4.78 is 16.2. The zero-order valence-corrected chi connectivity index (χ0v) is 10.4. The van der Waals surface area contributed by atoms with Crippen LogP contribution in [0.1, 0.15) is 5.69 Å². The second-order valence-corrected chi connectivity index (χ2v) is 4.24. The summed E-state index contributed by atoms with van der Waals surface area (Å²) in [6, 6.07) is 4.92. The first-order chi connectivity index (χ1) is 9.20. The molecule has 0 bridgehead atoms. The molecule has 19 heavy (non-hydrogen) atoms. The van der Waals surface area contributed by atoms with Gasteiger partial charge in [-0.25, -0.2) is 8.91 Å². The second-order valence-electron chi connectivity index (χ2n) is 4.24. The lowest BCUT2D eigenvalue weighted by atomic mass is 10.3. The predicted octanol–water partition coefficient (Wildman–Crippen LogP) is 1.26. The lowest BCUT2D eigenvalue weighted by Crippen LogP contribution is -2.07. The highest BCUT2D eigenvalue weighted by Crippen LogP contribution is 2.06. The fourth-order valence-electron chi connectivity index (χ4n) is 1.83. The Morgan fingerprint density at radius 1 is 1.26 bits per heavy atom. The van der Waals surface area contributed by atoms with Crippen LogP contribution in [0.2, 0.25) is 0 Å². The van der Waals surface area contributed by atoms with Crippen molar-refractivity contribution in [1.29, 1.82) is 0 Å². The van der Waals surface area contributed by atoms with Crippen LogP contribution < -0.4 is 5.32 Å². The van der Waals surface area contributed by atoms with Gasteiger partial charge in [-0.2, -0.15) is 10.1 Å². The minimum absolute atomic E-state index is 0.336. The molecule has 0 atom stereocenters. The molecule has 0 aliphatic carbocycles. The number of fused-ring (bicyclic) bond motifs is 1. The van der Waals surface area contributed by atoms with Crippen molar-refractivity contribution in [3.63, 3.8) is 0 Å². The van der Waals surface area contributed by atoms with Crippen LogP contribution in [0.5, 0.6) is 0 Å². The molecule has 0 fully saturated rings. The maximum atomic E-state index is 13.0. The number of aryl methyl sites for hydroxylation is 1. The van der Waals surface area contributed by atoms with Crippen LogP contribution in [-0.2, 0) is 13.5 Å². The van der Waals surface area contributed by atoms with Crippen LogP contribution in [0.25, 0.3) is 5.65 Å². The van der Waals surface area contributed by atoms with E-state index in [0.29, 0.717) is 18.1 Å². The molecule has 0 aromatic carbocycles. The highest BCUT2D eigenvalue weighted by atomic mass is 19.1. The molecule has 3 aromatic rings. The molecule has 0 saturated heterocycles. The van der Waals surface area contributed by atoms with Crippen molar-refractivity contribution in [2.24, 2.45) is 7.05 Å². The zero-order chi connectivity index (χ0) is 13.2. The van der Waals surface area contributed by atoms with Gasteiger partial charge in [0.25, 0.3) is 0 Å². The average molecular weight is 260 g/mol. The lowest BCUT2D eigenvalue weighted by molar-refractivity contribution is 0.615. The molecular formula is C12H13FN6. The Kier molecular flexibility index (Phi) is 2.86. The van der Waals surface area contributed by atoms with Crippen molar-refractivity contribution >= 4 is 11.6 Å². The van der Waals surface area contributed by atoms with Gasteiger partial charge < -0.3 is 5.32 Å². The highest BCUT2D eigenvalue weighted by molar-refractivity contribution is 5.43. The molecule has 0 saturated carbocycles. The van der Waals surface area contributed by atoms with Crippen LogP contribution in [0.15, 0.2) is 30.6 Å². The SMILES string of the molecule is Cn1ccc(CCNc2nc3ccc(F)cn3n2)n1. The van der Waals surface area contributed by atoms with Crippen LogP contribution in [0, 0.1) is 5.82 Å². The molecule has 6 nitrogen and oxygen atoms in total. The first-order valence-electron chi connectivity index (χ1n) is 5.95. The van der Waals surface area contributed by atoms with Crippen molar-refractivity contribution in [2.75, 3.05) is 11.9 Å². The molecule has 0 unspecified atom stereocenters. The maximum absolute atomic E-state index is 13.0. The normalized spacial score (nSPS) is 11.1. The number of hydrogen-bond donors (Lipinski definition) is 1. The van der Waals surface area contributed by atoms with Gasteiger partial charge in [0.05, 0.1) is 11.9 Å². The van der Waals surface area contributed by atoms with E-state index in [-0.39, 0.29) is 5.82 Å². The van der Waals surface area contributed by atoms with E-state index in [4.69, 9.17) is 0 Å². The van der Waals surface area contributed by atoms with Crippen LogP contribution in [0.3, 0.4) is 0 Å². The fraction of sp³-hybridized carbons (Fsp3) is 0.250. The van der Waals surface area contributed by atoms with Gasteiger partial charge >= 0.3 is 0 Å². The van der Waals surface area contributed by atoms with Crippen molar-refractivity contribution in [3.8, 4) is 0 Å². The molecule has 98 valence electrons. The lowest BCUT2D eigenvalue weighted by Gasteiger charge is -1.98. The van der Waals surface area contributed by atoms with E-state index in [2.05, 4.69) is 20.5 Å². The Hall–Kier alpha value is -2.44. The van der Waals surface area contributed by atoms with Crippen molar-refractivity contribution < 1.29 is 4.39 Å². The topological polar surface area (TPSA) is 60.0 Å². The van der Waals surface area contributed by atoms with Crippen LogP contribution in [0.4, 0.5) is 10.3 Å². The number of rotatable bonds is 4. The van der Waals surface area contributed by atoms with Gasteiger partial charge in [0.2, 0.25) is 5.95 Å². The number of halogens is 1. The molecule has 3 heterocycles. The summed E-state index contributed by atoms with van der Waals surface area (Å²) in [5, 5.41) is 11.5. The van der Waals surface area contributed by atoms with E-state index >= 15 is 0 Å². The van der Waals surface area contributed by atoms with Gasteiger partial charge in [-0.1, -0.05) is 0 Å². The fourth-order valence-corrected chi connectivity index (χ4v) is 1.83. The number of pyridine rings is 1. The van der Waals surface area contributed by atoms with Gasteiger partial charge in [-0.15, -0.1) is 5.10 Å². The molecule has 0 aliphatic rings. The Labute approximate surface area is 108 Å². The maximum Gasteiger partial charge on any atom is 0.243 e. The third kappa shape index (κ3) is 2.54. The third-order valence-corrected chi connectivity index (χ3v) is 2.73. The van der Waals surface area contributed by atoms with Crippen molar-refractivity contribution in [3.05, 3.63) is 42.1 Å². The van der Waals surface area contributed by atoms with Crippen molar-refractivity contribution in [1.82, 2.24) is 24.4 Å². The number of anilines is 1. The first-order valence-corrected chi connectivity index (χ1v) is 5.95. The van der Waals surface area contributed by atoms with Crippen LogP contribution in [-0.4, -0.2) is 30.9 Å². The zero-order valence-electron chi connectivity index (χ0n) is 10.4. The van der Waals surface area contributed by atoms with Gasteiger partial charge in [-0.3, -0.25) is 4.68 Å². The van der Waals surface area contributed by atoms with E-state index < -0.39 is 0 Å². The smallest absolute Gasteiger partial charge is 0.243 e. The molecule has 1 N–H and O–H groups in total. The number of nitrogens with one attached hydrogen (secondary N) is 1. The van der Waals surface area contributed by atoms with E-state index in [9.17, 15) is 4.39 Å². The molecule has 7 heteroatoms. The van der Waals surface area contributed by atoms with Gasteiger partial charge in [0, 0.05) is 26.2 Å². The molecule has 0 aliphatic heterocycles. The van der Waals surface area contributed by atoms with Crippen molar-refractivity contribution in [2.45, 2.75) is 6.42 Å². The molecule has 0 spiro atoms. The Morgan fingerprint density at radius 3 is 2.95 bits per heavy atom. The molecular weight excluding hydrogens is 247 g/mol. The minimum atomic E-state index is -0.336. The second kappa shape index (κ2) is 4.68. The van der Waals surface area contributed by atoms with E-state index in [0.717, 1.165) is 12.1 Å². The largest absolute Gasteiger partial charge is 0.353 e. The third-order valence-electron chi connectivity index (χ3n) is 2.73. The Morgan fingerprint density at radius 2 is 2.16 bits per heavy atom. The summed E-state index contributed by atoms with van der Waals surface area (Å²) in [4.78, 5) is 4.24. The predicted molar refractivity (Wildman–Crippen MR) is 68.3 cm³/mol. The Balaban J connectivity index is 1.65. The quantitative estimate of drug-likeness (QED) is 0.767. The first kappa shape index (κ1) is 11.6. The molecule has 0 radical (unpaired) electrons. The molecule has 0 amide bonds. The van der Waals surface area contributed by atoms with E-state index in [1.807, 2.05) is 19.3 Å². The minimum Gasteiger partial charge on any atom is -0.353 e. The van der Waals surface area contributed by atoms with Gasteiger partial charge in [0.1, 0.15) is 5.82 Å². The standard InChI is InChI=1S/C12H13FN6/c1-18-7-5-10(16-18)4-6-14-12-15-11-3-2-9(13)8-19(11)17-12/h2-3,5,7-8H,4,6H2,1H3,(H,14,17). The summed E-state index contributed by atoms with van der Waals surface area (Å²) in [5.41, 5.74) is 1.62. The number of aromatic nitrogens is 5. The molecule has 3 rings (SSSR count). The highest BCUT2D eigenvalue weighted by Gasteiger charge is 2.04. The average Bonchev–Trinajstić information content (AvgIpc) is 2.95. The van der Waals surface area contributed by atoms with E-state index in [1.165, 1.54) is 16.8 Å². The number of hydrogen-bond acceptors (Lipinski definition) is 4.